The third kappa shape index (κ3) is 4.59. The van der Waals surface area contributed by atoms with Gasteiger partial charge in [-0.3, -0.25) is 9.59 Å². The summed E-state index contributed by atoms with van der Waals surface area (Å²) < 4.78 is 0. The lowest BCUT2D eigenvalue weighted by Gasteiger charge is -2.17. The molecule has 116 valence electrons. The Morgan fingerprint density at radius 1 is 1.27 bits per heavy atom. The van der Waals surface area contributed by atoms with E-state index in [1.165, 1.54) is 12.8 Å². The van der Waals surface area contributed by atoms with Crippen molar-refractivity contribution in [3.05, 3.63) is 35.4 Å². The molecular formula is C17H21N3O2. The number of benzene rings is 1. The van der Waals surface area contributed by atoms with Crippen LogP contribution in [0.4, 0.5) is 0 Å². The van der Waals surface area contributed by atoms with Gasteiger partial charge in [0.2, 0.25) is 11.8 Å². The van der Waals surface area contributed by atoms with Gasteiger partial charge in [-0.25, -0.2) is 0 Å². The van der Waals surface area contributed by atoms with Gasteiger partial charge in [0.15, 0.2) is 0 Å². The Morgan fingerprint density at radius 2 is 1.91 bits per heavy atom. The number of nitrogens with two attached hydrogens (primary N) is 1. The van der Waals surface area contributed by atoms with Crippen molar-refractivity contribution in [3.63, 3.8) is 0 Å². The van der Waals surface area contributed by atoms with Crippen LogP contribution < -0.4 is 11.1 Å². The normalized spacial score (nSPS) is 16.0. The molecule has 1 fully saturated rings. The van der Waals surface area contributed by atoms with Gasteiger partial charge in [0, 0.05) is 12.8 Å². The zero-order valence-electron chi connectivity index (χ0n) is 12.5. The van der Waals surface area contributed by atoms with Gasteiger partial charge in [-0.2, -0.15) is 5.26 Å². The number of hydrogen-bond donors (Lipinski definition) is 2. The topological polar surface area (TPSA) is 96.0 Å². The third-order valence-electron chi connectivity index (χ3n) is 4.15. The number of rotatable bonds is 6. The van der Waals surface area contributed by atoms with Crippen molar-refractivity contribution in [2.24, 2.45) is 11.7 Å². The van der Waals surface area contributed by atoms with Crippen LogP contribution in [0.25, 0.3) is 0 Å². The molecule has 1 saturated carbocycles. The number of hydrogen-bond acceptors (Lipinski definition) is 3. The van der Waals surface area contributed by atoms with Crippen molar-refractivity contribution < 1.29 is 9.59 Å². The summed E-state index contributed by atoms with van der Waals surface area (Å²) in [5.41, 5.74) is 6.82. The number of amides is 2. The number of primary amides is 1. The summed E-state index contributed by atoms with van der Waals surface area (Å²) in [6.07, 6.45) is 5.36. The molecule has 0 bridgehead atoms. The van der Waals surface area contributed by atoms with Crippen LogP contribution in [0.5, 0.6) is 0 Å². The van der Waals surface area contributed by atoms with Crippen molar-refractivity contribution >= 4 is 11.8 Å². The Kier molecular flexibility index (Phi) is 5.54. The highest BCUT2D eigenvalue weighted by atomic mass is 16.2. The molecule has 3 N–H and O–H groups in total. The van der Waals surface area contributed by atoms with E-state index in [2.05, 4.69) is 5.32 Å². The van der Waals surface area contributed by atoms with Gasteiger partial charge < -0.3 is 11.1 Å². The molecule has 0 saturated heterocycles. The van der Waals surface area contributed by atoms with Crippen molar-refractivity contribution in [1.82, 2.24) is 5.32 Å². The van der Waals surface area contributed by atoms with E-state index in [4.69, 9.17) is 11.0 Å². The molecule has 0 aromatic heterocycles. The van der Waals surface area contributed by atoms with Crippen LogP contribution in [-0.4, -0.2) is 17.9 Å². The van der Waals surface area contributed by atoms with Crippen LogP contribution >= 0.6 is 0 Å². The average Bonchev–Trinajstić information content (AvgIpc) is 3.00. The first kappa shape index (κ1) is 16.0. The van der Waals surface area contributed by atoms with E-state index < -0.39 is 11.9 Å². The van der Waals surface area contributed by atoms with Crippen molar-refractivity contribution in [1.29, 1.82) is 5.26 Å². The number of nitrogens with one attached hydrogen (secondary N) is 1. The van der Waals surface area contributed by atoms with Crippen LogP contribution in [0.1, 0.15) is 43.2 Å². The Morgan fingerprint density at radius 3 is 2.45 bits per heavy atom. The molecule has 1 aliphatic rings. The predicted molar refractivity (Wildman–Crippen MR) is 82.6 cm³/mol. The Hall–Kier alpha value is -2.35. The summed E-state index contributed by atoms with van der Waals surface area (Å²) in [5, 5.41) is 11.5. The van der Waals surface area contributed by atoms with Crippen LogP contribution in [0.2, 0.25) is 0 Å². The van der Waals surface area contributed by atoms with E-state index in [0.29, 0.717) is 24.3 Å². The number of carbonyl (C=O) groups excluding carboxylic acids is 2. The van der Waals surface area contributed by atoms with Gasteiger partial charge in [0.1, 0.15) is 6.04 Å². The zero-order valence-corrected chi connectivity index (χ0v) is 12.5. The van der Waals surface area contributed by atoms with Crippen LogP contribution in [-0.2, 0) is 16.0 Å². The smallest absolute Gasteiger partial charge is 0.240 e. The molecule has 0 unspecified atom stereocenters. The zero-order chi connectivity index (χ0) is 15.9. The molecule has 0 radical (unpaired) electrons. The van der Waals surface area contributed by atoms with E-state index in [1.807, 2.05) is 6.07 Å². The third-order valence-corrected chi connectivity index (χ3v) is 4.15. The molecule has 0 spiro atoms. The summed E-state index contributed by atoms with van der Waals surface area (Å²) in [5.74, 6) is -0.211. The lowest BCUT2D eigenvalue weighted by molar-refractivity contribution is -0.127. The van der Waals surface area contributed by atoms with Crippen LogP contribution in [0.3, 0.4) is 0 Å². The predicted octanol–water partition coefficient (Wildman–Crippen LogP) is 1.65. The monoisotopic (exact) mass is 299 g/mol. The maximum absolute atomic E-state index is 12.0. The highest BCUT2D eigenvalue weighted by Gasteiger charge is 2.22. The summed E-state index contributed by atoms with van der Waals surface area (Å²) >= 11 is 0. The van der Waals surface area contributed by atoms with Gasteiger partial charge in [0.05, 0.1) is 11.6 Å². The summed E-state index contributed by atoms with van der Waals surface area (Å²) in [6, 6.07) is 8.26. The fourth-order valence-corrected chi connectivity index (χ4v) is 2.90. The quantitative estimate of drug-likeness (QED) is 0.836. The van der Waals surface area contributed by atoms with E-state index in [9.17, 15) is 9.59 Å². The summed E-state index contributed by atoms with van der Waals surface area (Å²) in [4.78, 5) is 23.6. The fraction of sp³-hybridized carbons (Fsp3) is 0.471. The SMILES string of the molecule is N#Cc1ccc(C[C@H](NC(=O)CC2CCCC2)C(N)=O)cc1. The Balaban J connectivity index is 1.92. The van der Waals surface area contributed by atoms with Crippen LogP contribution in [0, 0.1) is 17.2 Å². The molecule has 1 aliphatic carbocycles. The van der Waals surface area contributed by atoms with Crippen molar-refractivity contribution in [2.45, 2.75) is 44.6 Å². The largest absolute Gasteiger partial charge is 0.368 e. The molecule has 2 rings (SSSR count). The highest BCUT2D eigenvalue weighted by Crippen LogP contribution is 2.27. The minimum atomic E-state index is -0.707. The second-order valence-electron chi connectivity index (χ2n) is 5.89. The molecule has 0 heterocycles. The molecule has 1 aromatic rings. The maximum Gasteiger partial charge on any atom is 0.240 e. The van der Waals surface area contributed by atoms with E-state index in [-0.39, 0.29) is 5.91 Å². The molecule has 2 amide bonds. The second kappa shape index (κ2) is 7.60. The van der Waals surface area contributed by atoms with E-state index >= 15 is 0 Å². The lowest BCUT2D eigenvalue weighted by atomic mass is 10.0. The van der Waals surface area contributed by atoms with Crippen molar-refractivity contribution in [2.75, 3.05) is 0 Å². The molecular weight excluding hydrogens is 278 g/mol. The van der Waals surface area contributed by atoms with E-state index in [1.54, 1.807) is 24.3 Å². The number of carbonyl (C=O) groups is 2. The minimum absolute atomic E-state index is 0.107. The highest BCUT2D eigenvalue weighted by molar-refractivity contribution is 5.86. The average molecular weight is 299 g/mol. The molecule has 22 heavy (non-hydrogen) atoms. The first-order valence-electron chi connectivity index (χ1n) is 7.66. The molecule has 1 atom stereocenters. The van der Waals surface area contributed by atoms with Gasteiger partial charge in [-0.15, -0.1) is 0 Å². The molecule has 0 aliphatic heterocycles. The first-order chi connectivity index (χ1) is 10.6. The fourth-order valence-electron chi connectivity index (χ4n) is 2.90. The van der Waals surface area contributed by atoms with Gasteiger partial charge in [-0.1, -0.05) is 25.0 Å². The standard InChI is InChI=1S/C17H21N3O2/c18-11-14-7-5-13(6-8-14)9-15(17(19)22)20-16(21)10-12-3-1-2-4-12/h5-8,12,15H,1-4,9-10H2,(H2,19,22)(H,20,21)/t15-/m0/s1. The van der Waals surface area contributed by atoms with Gasteiger partial charge >= 0.3 is 0 Å². The van der Waals surface area contributed by atoms with Crippen LogP contribution in [0.15, 0.2) is 24.3 Å². The molecule has 1 aromatic carbocycles. The van der Waals surface area contributed by atoms with Gasteiger partial charge in [-0.05, 0) is 36.5 Å². The number of nitriles is 1. The maximum atomic E-state index is 12.0. The molecule has 5 heteroatoms. The van der Waals surface area contributed by atoms with E-state index in [0.717, 1.165) is 18.4 Å². The summed E-state index contributed by atoms with van der Waals surface area (Å²) in [6.45, 7) is 0. The van der Waals surface area contributed by atoms with Crippen molar-refractivity contribution in [3.8, 4) is 6.07 Å². The number of nitrogens with zero attached hydrogens (tertiary/aromatic N) is 1. The minimum Gasteiger partial charge on any atom is -0.368 e. The van der Waals surface area contributed by atoms with Gasteiger partial charge in [0.25, 0.3) is 0 Å². The Labute approximate surface area is 130 Å². The lowest BCUT2D eigenvalue weighted by Crippen LogP contribution is -2.46. The molecule has 5 nitrogen and oxygen atoms in total. The Bertz CT molecular complexity index is 569. The summed E-state index contributed by atoms with van der Waals surface area (Å²) in [7, 11) is 0. The first-order valence-corrected chi connectivity index (χ1v) is 7.66. The second-order valence-corrected chi connectivity index (χ2v) is 5.89.